The van der Waals surface area contributed by atoms with E-state index in [1.165, 1.54) is 17.2 Å². The zero-order valence-electron chi connectivity index (χ0n) is 11.7. The van der Waals surface area contributed by atoms with Crippen molar-refractivity contribution in [2.24, 2.45) is 0 Å². The van der Waals surface area contributed by atoms with Gasteiger partial charge in [-0.15, -0.1) is 0 Å². The van der Waals surface area contributed by atoms with Crippen molar-refractivity contribution in [1.29, 1.82) is 0 Å². The van der Waals surface area contributed by atoms with Crippen molar-refractivity contribution in [3.8, 4) is 0 Å². The standard InChI is InChI=1S/C16H13FN2O2/c1-9-3-4-13-14(10(9)2)19(16(21)15(13)20)8-11-5-12(17)7-18-6-11/h3-7H,8H2,1-2H3. The van der Waals surface area contributed by atoms with E-state index in [0.717, 1.165) is 17.3 Å². The third kappa shape index (κ3) is 2.11. The van der Waals surface area contributed by atoms with Crippen LogP contribution in [-0.4, -0.2) is 16.7 Å². The summed E-state index contributed by atoms with van der Waals surface area (Å²) in [4.78, 5) is 29.4. The summed E-state index contributed by atoms with van der Waals surface area (Å²) >= 11 is 0. The molecule has 0 saturated heterocycles. The molecule has 2 heterocycles. The summed E-state index contributed by atoms with van der Waals surface area (Å²) in [6, 6.07) is 4.81. The molecular formula is C16H13FN2O2. The van der Waals surface area contributed by atoms with E-state index in [0.29, 0.717) is 16.8 Å². The topological polar surface area (TPSA) is 50.3 Å². The van der Waals surface area contributed by atoms with Crippen LogP contribution in [0.1, 0.15) is 27.0 Å². The monoisotopic (exact) mass is 284 g/mol. The molecule has 1 amide bonds. The van der Waals surface area contributed by atoms with Crippen LogP contribution in [0, 0.1) is 19.7 Å². The van der Waals surface area contributed by atoms with Gasteiger partial charge in [0, 0.05) is 6.20 Å². The fraction of sp³-hybridized carbons (Fsp3) is 0.188. The Hall–Kier alpha value is -2.56. The van der Waals surface area contributed by atoms with Gasteiger partial charge < -0.3 is 0 Å². The fourth-order valence-electron chi connectivity index (χ4n) is 2.55. The third-order valence-electron chi connectivity index (χ3n) is 3.76. The second-order valence-electron chi connectivity index (χ2n) is 5.14. The van der Waals surface area contributed by atoms with E-state index in [1.54, 1.807) is 6.07 Å². The highest BCUT2D eigenvalue weighted by molar-refractivity contribution is 6.52. The molecule has 0 bridgehead atoms. The molecule has 0 unspecified atom stereocenters. The highest BCUT2D eigenvalue weighted by Crippen LogP contribution is 2.35. The molecule has 0 aliphatic carbocycles. The third-order valence-corrected chi connectivity index (χ3v) is 3.76. The van der Waals surface area contributed by atoms with Crippen LogP contribution < -0.4 is 4.90 Å². The maximum absolute atomic E-state index is 13.2. The number of aryl methyl sites for hydroxylation is 1. The minimum absolute atomic E-state index is 0.132. The smallest absolute Gasteiger partial charge is 0.299 e. The molecule has 4 nitrogen and oxygen atoms in total. The van der Waals surface area contributed by atoms with Gasteiger partial charge in [0.1, 0.15) is 5.82 Å². The molecule has 0 atom stereocenters. The van der Waals surface area contributed by atoms with E-state index in [9.17, 15) is 14.0 Å². The molecule has 1 aliphatic rings. The summed E-state index contributed by atoms with van der Waals surface area (Å²) in [6.07, 6.45) is 2.59. The van der Waals surface area contributed by atoms with Gasteiger partial charge in [0.2, 0.25) is 0 Å². The maximum atomic E-state index is 13.2. The first-order valence-corrected chi connectivity index (χ1v) is 6.55. The number of carbonyl (C=O) groups excluding carboxylic acids is 2. The van der Waals surface area contributed by atoms with Gasteiger partial charge in [-0.2, -0.15) is 0 Å². The molecule has 5 heteroatoms. The zero-order valence-corrected chi connectivity index (χ0v) is 11.7. The number of fused-ring (bicyclic) bond motifs is 1. The van der Waals surface area contributed by atoms with E-state index in [-0.39, 0.29) is 6.54 Å². The van der Waals surface area contributed by atoms with Gasteiger partial charge in [0.05, 0.1) is 24.0 Å². The minimum Gasteiger partial charge on any atom is -0.300 e. The molecule has 0 spiro atoms. The van der Waals surface area contributed by atoms with E-state index >= 15 is 0 Å². The van der Waals surface area contributed by atoms with E-state index in [1.807, 2.05) is 19.9 Å². The van der Waals surface area contributed by atoms with Crippen molar-refractivity contribution in [3.05, 3.63) is 58.7 Å². The number of rotatable bonds is 2. The minimum atomic E-state index is -0.581. The highest BCUT2D eigenvalue weighted by Gasteiger charge is 2.37. The second-order valence-corrected chi connectivity index (χ2v) is 5.14. The number of amides is 1. The fourth-order valence-corrected chi connectivity index (χ4v) is 2.55. The summed E-state index contributed by atoms with van der Waals surface area (Å²) in [6.45, 7) is 3.92. The van der Waals surface area contributed by atoms with Crippen molar-refractivity contribution in [2.75, 3.05) is 4.90 Å². The van der Waals surface area contributed by atoms with Crippen LogP contribution >= 0.6 is 0 Å². The second kappa shape index (κ2) is 4.77. The van der Waals surface area contributed by atoms with Crippen molar-refractivity contribution in [3.63, 3.8) is 0 Å². The maximum Gasteiger partial charge on any atom is 0.299 e. The van der Waals surface area contributed by atoms with E-state index in [2.05, 4.69) is 4.98 Å². The normalized spacial score (nSPS) is 13.8. The Morgan fingerprint density at radius 2 is 1.95 bits per heavy atom. The summed E-state index contributed by atoms with van der Waals surface area (Å²) in [5, 5.41) is 0. The Kier molecular flexibility index (Phi) is 3.05. The number of aromatic nitrogens is 1. The lowest BCUT2D eigenvalue weighted by Crippen LogP contribution is -2.29. The van der Waals surface area contributed by atoms with Crippen molar-refractivity contribution in [1.82, 2.24) is 4.98 Å². The first-order chi connectivity index (χ1) is 9.99. The van der Waals surface area contributed by atoms with Gasteiger partial charge in [0.15, 0.2) is 0 Å². The van der Waals surface area contributed by atoms with Crippen LogP contribution in [0.4, 0.5) is 10.1 Å². The quantitative estimate of drug-likeness (QED) is 0.796. The van der Waals surface area contributed by atoms with Crippen LogP contribution in [0.15, 0.2) is 30.6 Å². The number of ketones is 1. The SMILES string of the molecule is Cc1ccc2c(c1C)N(Cc1cncc(F)c1)C(=O)C2=O. The summed E-state index contributed by atoms with van der Waals surface area (Å²) in [7, 11) is 0. The number of pyridine rings is 1. The van der Waals surface area contributed by atoms with Gasteiger partial charge in [-0.3, -0.25) is 19.5 Å². The van der Waals surface area contributed by atoms with Gasteiger partial charge in [0.25, 0.3) is 11.7 Å². The lowest BCUT2D eigenvalue weighted by atomic mass is 10.0. The van der Waals surface area contributed by atoms with Crippen molar-refractivity contribution < 1.29 is 14.0 Å². The first kappa shape index (κ1) is 13.4. The van der Waals surface area contributed by atoms with Crippen LogP contribution in [-0.2, 0) is 11.3 Å². The van der Waals surface area contributed by atoms with Crippen LogP contribution in [0.2, 0.25) is 0 Å². The molecule has 0 radical (unpaired) electrons. The molecule has 1 aromatic heterocycles. The predicted molar refractivity (Wildman–Crippen MR) is 75.6 cm³/mol. The Morgan fingerprint density at radius 1 is 1.19 bits per heavy atom. The molecule has 2 aromatic rings. The van der Waals surface area contributed by atoms with Gasteiger partial charge in [-0.25, -0.2) is 4.39 Å². The Labute approximate surface area is 121 Å². The van der Waals surface area contributed by atoms with Crippen molar-refractivity contribution >= 4 is 17.4 Å². The lowest BCUT2D eigenvalue weighted by Gasteiger charge is -2.19. The molecule has 0 N–H and O–H groups in total. The summed E-state index contributed by atoms with van der Waals surface area (Å²) in [5.41, 5.74) is 3.46. The zero-order chi connectivity index (χ0) is 15.1. The van der Waals surface area contributed by atoms with Crippen LogP contribution in [0.25, 0.3) is 0 Å². The van der Waals surface area contributed by atoms with E-state index in [4.69, 9.17) is 0 Å². The Morgan fingerprint density at radius 3 is 2.67 bits per heavy atom. The number of anilines is 1. The van der Waals surface area contributed by atoms with Crippen LogP contribution in [0.5, 0.6) is 0 Å². The Bertz CT molecular complexity index is 771. The van der Waals surface area contributed by atoms with Gasteiger partial charge >= 0.3 is 0 Å². The molecule has 0 fully saturated rings. The first-order valence-electron chi connectivity index (χ1n) is 6.55. The Balaban J connectivity index is 2.07. The molecule has 1 aromatic carbocycles. The highest BCUT2D eigenvalue weighted by atomic mass is 19.1. The van der Waals surface area contributed by atoms with Crippen molar-refractivity contribution in [2.45, 2.75) is 20.4 Å². The number of hydrogen-bond donors (Lipinski definition) is 0. The molecule has 106 valence electrons. The average molecular weight is 284 g/mol. The van der Waals surface area contributed by atoms with E-state index < -0.39 is 17.5 Å². The van der Waals surface area contributed by atoms with Gasteiger partial charge in [-0.05, 0) is 42.7 Å². The largest absolute Gasteiger partial charge is 0.300 e. The summed E-state index contributed by atoms with van der Waals surface area (Å²) in [5.74, 6) is -1.56. The molecule has 1 aliphatic heterocycles. The molecule has 0 saturated carbocycles. The predicted octanol–water partition coefficient (Wildman–Crippen LogP) is 2.57. The lowest BCUT2D eigenvalue weighted by molar-refractivity contribution is -0.114. The molecule has 21 heavy (non-hydrogen) atoms. The summed E-state index contributed by atoms with van der Waals surface area (Å²) < 4.78 is 13.2. The number of nitrogens with zero attached hydrogens (tertiary/aromatic N) is 2. The number of benzene rings is 1. The number of Topliss-reactive ketones (excluding diaryl/α,β-unsaturated/α-hetero) is 1. The van der Waals surface area contributed by atoms with Gasteiger partial charge in [-0.1, -0.05) is 6.07 Å². The average Bonchev–Trinajstić information content (AvgIpc) is 2.69. The molecular weight excluding hydrogens is 271 g/mol. The van der Waals surface area contributed by atoms with Crippen LogP contribution in [0.3, 0.4) is 0 Å². The molecule has 3 rings (SSSR count). The number of halogens is 1. The number of carbonyl (C=O) groups is 2. The number of hydrogen-bond acceptors (Lipinski definition) is 3.